The molecule has 17 heavy (non-hydrogen) atoms. The van der Waals surface area contributed by atoms with Gasteiger partial charge in [0.15, 0.2) is 0 Å². The third-order valence-electron chi connectivity index (χ3n) is 3.24. The SMILES string of the molecule is Cc1cc(CCN2CCNCC2)cc(Cl)c1O. The molecule has 0 spiro atoms. The van der Waals surface area contributed by atoms with Crippen LogP contribution in [0.4, 0.5) is 0 Å². The maximum atomic E-state index is 9.60. The molecule has 1 fully saturated rings. The van der Waals surface area contributed by atoms with Gasteiger partial charge in [0.25, 0.3) is 0 Å². The van der Waals surface area contributed by atoms with E-state index in [4.69, 9.17) is 11.6 Å². The largest absolute Gasteiger partial charge is 0.506 e. The Bertz CT molecular complexity index is 366. The molecule has 0 unspecified atom stereocenters. The molecule has 0 amide bonds. The van der Waals surface area contributed by atoms with Crippen molar-refractivity contribution < 1.29 is 5.11 Å². The van der Waals surface area contributed by atoms with Gasteiger partial charge >= 0.3 is 0 Å². The van der Waals surface area contributed by atoms with Crippen LogP contribution in [0, 0.1) is 6.92 Å². The summed E-state index contributed by atoms with van der Waals surface area (Å²) < 4.78 is 0. The van der Waals surface area contributed by atoms with E-state index >= 15 is 0 Å². The van der Waals surface area contributed by atoms with Crippen LogP contribution in [-0.2, 0) is 6.42 Å². The molecular weight excluding hydrogens is 236 g/mol. The summed E-state index contributed by atoms with van der Waals surface area (Å²) in [7, 11) is 0. The van der Waals surface area contributed by atoms with Crippen molar-refractivity contribution >= 4 is 11.6 Å². The number of piperazine rings is 1. The van der Waals surface area contributed by atoms with Crippen molar-refractivity contribution in [1.82, 2.24) is 10.2 Å². The molecule has 0 saturated carbocycles. The van der Waals surface area contributed by atoms with E-state index in [-0.39, 0.29) is 5.75 Å². The highest BCUT2D eigenvalue weighted by Gasteiger charge is 2.10. The van der Waals surface area contributed by atoms with E-state index in [9.17, 15) is 5.11 Å². The number of hydrogen-bond acceptors (Lipinski definition) is 3. The van der Waals surface area contributed by atoms with E-state index in [1.165, 1.54) is 5.56 Å². The quantitative estimate of drug-likeness (QED) is 0.864. The van der Waals surface area contributed by atoms with Crippen LogP contribution in [0.5, 0.6) is 5.75 Å². The van der Waals surface area contributed by atoms with E-state index < -0.39 is 0 Å². The lowest BCUT2D eigenvalue weighted by Crippen LogP contribution is -2.44. The number of rotatable bonds is 3. The lowest BCUT2D eigenvalue weighted by molar-refractivity contribution is 0.244. The van der Waals surface area contributed by atoms with E-state index in [0.717, 1.165) is 44.7 Å². The average Bonchev–Trinajstić information content (AvgIpc) is 2.34. The van der Waals surface area contributed by atoms with Crippen molar-refractivity contribution in [2.45, 2.75) is 13.3 Å². The first-order valence-corrected chi connectivity index (χ1v) is 6.45. The lowest BCUT2D eigenvalue weighted by Gasteiger charge is -2.27. The highest BCUT2D eigenvalue weighted by molar-refractivity contribution is 6.32. The van der Waals surface area contributed by atoms with Gasteiger partial charge in [-0.25, -0.2) is 0 Å². The van der Waals surface area contributed by atoms with Gasteiger partial charge in [-0.2, -0.15) is 0 Å². The van der Waals surface area contributed by atoms with Crippen LogP contribution in [-0.4, -0.2) is 42.7 Å². The average molecular weight is 255 g/mol. The maximum Gasteiger partial charge on any atom is 0.137 e. The van der Waals surface area contributed by atoms with Gasteiger partial charge in [-0.3, -0.25) is 0 Å². The molecule has 1 aromatic rings. The highest BCUT2D eigenvalue weighted by atomic mass is 35.5. The van der Waals surface area contributed by atoms with Crippen LogP contribution in [0.25, 0.3) is 0 Å². The fraction of sp³-hybridized carbons (Fsp3) is 0.538. The second kappa shape index (κ2) is 5.71. The first-order chi connectivity index (χ1) is 8.16. The van der Waals surface area contributed by atoms with Gasteiger partial charge in [-0.15, -0.1) is 0 Å². The summed E-state index contributed by atoms with van der Waals surface area (Å²) in [5, 5.41) is 13.4. The number of halogens is 1. The fourth-order valence-electron chi connectivity index (χ4n) is 2.17. The zero-order valence-electron chi connectivity index (χ0n) is 10.2. The van der Waals surface area contributed by atoms with Gasteiger partial charge < -0.3 is 15.3 Å². The number of phenolic OH excluding ortho intramolecular Hbond substituents is 1. The number of aryl methyl sites for hydroxylation is 1. The van der Waals surface area contributed by atoms with E-state index in [2.05, 4.69) is 10.2 Å². The Morgan fingerprint density at radius 2 is 2.06 bits per heavy atom. The van der Waals surface area contributed by atoms with Crippen LogP contribution in [0.15, 0.2) is 12.1 Å². The minimum atomic E-state index is 0.206. The molecular formula is C13H19ClN2O. The molecule has 0 radical (unpaired) electrons. The Labute approximate surface area is 107 Å². The summed E-state index contributed by atoms with van der Waals surface area (Å²) >= 11 is 5.97. The van der Waals surface area contributed by atoms with E-state index in [1.807, 2.05) is 19.1 Å². The molecule has 2 N–H and O–H groups in total. The van der Waals surface area contributed by atoms with Crippen LogP contribution in [0.3, 0.4) is 0 Å². The van der Waals surface area contributed by atoms with Crippen molar-refractivity contribution in [1.29, 1.82) is 0 Å². The molecule has 1 aliphatic rings. The summed E-state index contributed by atoms with van der Waals surface area (Å²) in [5.74, 6) is 0.206. The molecule has 2 rings (SSSR count). The van der Waals surface area contributed by atoms with Crippen LogP contribution in [0.1, 0.15) is 11.1 Å². The van der Waals surface area contributed by atoms with Gasteiger partial charge in [-0.1, -0.05) is 17.7 Å². The summed E-state index contributed by atoms with van der Waals surface area (Å²) in [6.07, 6.45) is 0.987. The van der Waals surface area contributed by atoms with Crippen LogP contribution >= 0.6 is 11.6 Å². The topological polar surface area (TPSA) is 35.5 Å². The molecule has 3 nitrogen and oxygen atoms in total. The first kappa shape index (κ1) is 12.7. The summed E-state index contributed by atoms with van der Waals surface area (Å²) in [6, 6.07) is 3.88. The van der Waals surface area contributed by atoms with Crippen molar-refractivity contribution in [2.24, 2.45) is 0 Å². The lowest BCUT2D eigenvalue weighted by atomic mass is 10.1. The Morgan fingerprint density at radius 3 is 2.71 bits per heavy atom. The number of nitrogens with one attached hydrogen (secondary N) is 1. The Balaban J connectivity index is 1.94. The number of benzene rings is 1. The summed E-state index contributed by atoms with van der Waals surface area (Å²) in [5.41, 5.74) is 2.05. The van der Waals surface area contributed by atoms with Crippen LogP contribution in [0.2, 0.25) is 5.02 Å². The number of aromatic hydroxyl groups is 1. The molecule has 1 aromatic carbocycles. The van der Waals surface area contributed by atoms with E-state index in [1.54, 1.807) is 0 Å². The smallest absolute Gasteiger partial charge is 0.137 e. The molecule has 0 atom stereocenters. The summed E-state index contributed by atoms with van der Waals surface area (Å²) in [4.78, 5) is 2.45. The minimum absolute atomic E-state index is 0.206. The minimum Gasteiger partial charge on any atom is -0.506 e. The highest BCUT2D eigenvalue weighted by Crippen LogP contribution is 2.28. The number of phenols is 1. The van der Waals surface area contributed by atoms with Gasteiger partial charge in [0.2, 0.25) is 0 Å². The van der Waals surface area contributed by atoms with Crippen LogP contribution < -0.4 is 5.32 Å². The van der Waals surface area contributed by atoms with Crippen molar-refractivity contribution in [3.63, 3.8) is 0 Å². The van der Waals surface area contributed by atoms with E-state index in [0.29, 0.717) is 5.02 Å². The maximum absolute atomic E-state index is 9.60. The van der Waals surface area contributed by atoms with Crippen molar-refractivity contribution in [3.05, 3.63) is 28.3 Å². The third kappa shape index (κ3) is 3.35. The normalized spacial score (nSPS) is 17.3. The number of nitrogens with zero attached hydrogens (tertiary/aromatic N) is 1. The fourth-order valence-corrected chi connectivity index (χ4v) is 2.46. The molecule has 4 heteroatoms. The first-order valence-electron chi connectivity index (χ1n) is 6.08. The third-order valence-corrected chi connectivity index (χ3v) is 3.53. The molecule has 1 aliphatic heterocycles. The van der Waals surface area contributed by atoms with Gasteiger partial charge in [-0.05, 0) is 30.5 Å². The zero-order valence-corrected chi connectivity index (χ0v) is 10.9. The molecule has 0 aromatic heterocycles. The monoisotopic (exact) mass is 254 g/mol. The Morgan fingerprint density at radius 1 is 1.35 bits per heavy atom. The predicted molar refractivity (Wildman–Crippen MR) is 70.9 cm³/mol. The van der Waals surface area contributed by atoms with Gasteiger partial charge in [0.1, 0.15) is 5.75 Å². The van der Waals surface area contributed by atoms with Gasteiger partial charge in [0.05, 0.1) is 5.02 Å². The predicted octanol–water partition coefficient (Wildman–Crippen LogP) is 1.80. The van der Waals surface area contributed by atoms with Gasteiger partial charge in [0, 0.05) is 32.7 Å². The second-order valence-corrected chi connectivity index (χ2v) is 4.99. The molecule has 1 heterocycles. The second-order valence-electron chi connectivity index (χ2n) is 4.58. The molecule has 94 valence electrons. The molecule has 1 saturated heterocycles. The standard InChI is InChI=1S/C13H19ClN2O/c1-10-8-11(9-12(14)13(10)17)2-5-16-6-3-15-4-7-16/h8-9,15,17H,2-7H2,1H3. The molecule has 0 aliphatic carbocycles. The van der Waals surface area contributed by atoms with Crippen molar-refractivity contribution in [3.8, 4) is 5.75 Å². The zero-order chi connectivity index (χ0) is 12.3. The number of hydrogen-bond donors (Lipinski definition) is 2. The van der Waals surface area contributed by atoms with Crippen molar-refractivity contribution in [2.75, 3.05) is 32.7 Å². The summed E-state index contributed by atoms with van der Waals surface area (Å²) in [6.45, 7) is 7.33. The Hall–Kier alpha value is -0.770. The molecule has 0 bridgehead atoms. The Kier molecular flexibility index (Phi) is 4.26.